The van der Waals surface area contributed by atoms with Gasteiger partial charge in [0.1, 0.15) is 9.84 Å². The number of halogens is 2. The molecule has 3 N–H and O–H groups in total. The van der Waals surface area contributed by atoms with Gasteiger partial charge in [0.25, 0.3) is 0 Å². The molecule has 0 radical (unpaired) electrons. The number of hydrazine groups is 1. The highest BCUT2D eigenvalue weighted by Crippen LogP contribution is 2.27. The van der Waals surface area contributed by atoms with E-state index in [4.69, 9.17) is 29.0 Å². The minimum Gasteiger partial charge on any atom is -0.271 e. The normalized spacial score (nSPS) is 13.5. The standard InChI is InChI=1S/C12H18Cl2N2O2S/c1-2-19(17,18)7-3-4-12(16-15)9-5-6-10(13)11(14)8-9/h5-6,8,12,16H,2-4,7,15H2,1H3. The first-order valence-corrected chi connectivity index (χ1v) is 8.59. The molecule has 0 aliphatic rings. The molecule has 0 aliphatic heterocycles. The van der Waals surface area contributed by atoms with Crippen LogP contribution in [0.2, 0.25) is 10.0 Å². The Hall–Kier alpha value is -0.330. The van der Waals surface area contributed by atoms with Gasteiger partial charge in [0.2, 0.25) is 0 Å². The van der Waals surface area contributed by atoms with E-state index in [1.54, 1.807) is 19.1 Å². The maximum Gasteiger partial charge on any atom is 0.150 e. The molecular weight excluding hydrogens is 307 g/mol. The lowest BCUT2D eigenvalue weighted by Crippen LogP contribution is -2.28. The smallest absolute Gasteiger partial charge is 0.150 e. The summed E-state index contributed by atoms with van der Waals surface area (Å²) in [5.41, 5.74) is 3.57. The third-order valence-corrected chi connectivity index (χ3v) is 5.46. The summed E-state index contributed by atoms with van der Waals surface area (Å²) >= 11 is 11.8. The predicted octanol–water partition coefficient (Wildman–Crippen LogP) is 2.71. The molecule has 0 aromatic heterocycles. The molecule has 0 bridgehead atoms. The molecule has 7 heteroatoms. The molecule has 0 amide bonds. The summed E-state index contributed by atoms with van der Waals surface area (Å²) in [4.78, 5) is 0. The molecule has 1 unspecified atom stereocenters. The van der Waals surface area contributed by atoms with Crippen molar-refractivity contribution in [2.75, 3.05) is 11.5 Å². The van der Waals surface area contributed by atoms with Crippen LogP contribution < -0.4 is 11.3 Å². The van der Waals surface area contributed by atoms with Crippen molar-refractivity contribution in [2.24, 2.45) is 5.84 Å². The Morgan fingerprint density at radius 2 is 2.00 bits per heavy atom. The van der Waals surface area contributed by atoms with Gasteiger partial charge >= 0.3 is 0 Å². The van der Waals surface area contributed by atoms with E-state index in [9.17, 15) is 8.42 Å². The van der Waals surface area contributed by atoms with Gasteiger partial charge < -0.3 is 0 Å². The van der Waals surface area contributed by atoms with Crippen molar-refractivity contribution in [3.05, 3.63) is 33.8 Å². The zero-order chi connectivity index (χ0) is 14.5. The van der Waals surface area contributed by atoms with Crippen molar-refractivity contribution in [2.45, 2.75) is 25.8 Å². The first kappa shape index (κ1) is 16.7. The Bertz CT molecular complexity index is 520. The lowest BCUT2D eigenvalue weighted by Gasteiger charge is -2.16. The number of hydrogen-bond acceptors (Lipinski definition) is 4. The molecular formula is C12H18Cl2N2O2S. The van der Waals surface area contributed by atoms with Crippen LogP contribution in [0.4, 0.5) is 0 Å². The van der Waals surface area contributed by atoms with Gasteiger partial charge in [-0.1, -0.05) is 36.2 Å². The van der Waals surface area contributed by atoms with Crippen molar-refractivity contribution in [1.29, 1.82) is 0 Å². The average molecular weight is 325 g/mol. The topological polar surface area (TPSA) is 72.2 Å². The summed E-state index contributed by atoms with van der Waals surface area (Å²) in [5, 5.41) is 0.940. The molecule has 0 fully saturated rings. The highest BCUT2D eigenvalue weighted by Gasteiger charge is 2.13. The third-order valence-electron chi connectivity index (χ3n) is 2.94. The SMILES string of the molecule is CCS(=O)(=O)CCCC(NN)c1ccc(Cl)c(Cl)c1. The first-order chi connectivity index (χ1) is 8.89. The largest absolute Gasteiger partial charge is 0.271 e. The second kappa shape index (κ2) is 7.45. The van der Waals surface area contributed by atoms with Crippen molar-refractivity contribution in [1.82, 2.24) is 5.43 Å². The minimum atomic E-state index is -2.94. The van der Waals surface area contributed by atoms with Crippen LogP contribution in [0.1, 0.15) is 31.4 Å². The fourth-order valence-electron chi connectivity index (χ4n) is 1.73. The van der Waals surface area contributed by atoms with Crippen LogP contribution in [0.5, 0.6) is 0 Å². The third kappa shape index (κ3) is 5.28. The second-order valence-corrected chi connectivity index (χ2v) is 7.56. The van der Waals surface area contributed by atoms with Crippen molar-refractivity contribution < 1.29 is 8.42 Å². The molecule has 1 aromatic carbocycles. The summed E-state index contributed by atoms with van der Waals surface area (Å²) in [6, 6.07) is 5.13. The number of benzene rings is 1. The maximum atomic E-state index is 11.4. The van der Waals surface area contributed by atoms with Crippen LogP contribution in [0, 0.1) is 0 Å². The van der Waals surface area contributed by atoms with E-state index in [0.717, 1.165) is 5.56 Å². The van der Waals surface area contributed by atoms with Crippen LogP contribution in [0.25, 0.3) is 0 Å². The molecule has 108 valence electrons. The van der Waals surface area contributed by atoms with E-state index in [1.807, 2.05) is 6.07 Å². The van der Waals surface area contributed by atoms with Gasteiger partial charge in [-0.2, -0.15) is 0 Å². The lowest BCUT2D eigenvalue weighted by molar-refractivity contribution is 0.507. The van der Waals surface area contributed by atoms with Gasteiger partial charge in [-0.15, -0.1) is 0 Å². The van der Waals surface area contributed by atoms with E-state index in [-0.39, 0.29) is 17.5 Å². The second-order valence-electron chi connectivity index (χ2n) is 4.27. The monoisotopic (exact) mass is 324 g/mol. The molecule has 0 heterocycles. The van der Waals surface area contributed by atoms with Crippen LogP contribution in [0.15, 0.2) is 18.2 Å². The number of hydrogen-bond donors (Lipinski definition) is 2. The number of nitrogens with two attached hydrogens (primary N) is 1. The van der Waals surface area contributed by atoms with Gasteiger partial charge in [-0.3, -0.25) is 11.3 Å². The lowest BCUT2D eigenvalue weighted by atomic mass is 10.0. The van der Waals surface area contributed by atoms with E-state index in [1.165, 1.54) is 0 Å². The molecule has 1 atom stereocenters. The van der Waals surface area contributed by atoms with Crippen LogP contribution in [-0.2, 0) is 9.84 Å². The zero-order valence-corrected chi connectivity index (χ0v) is 13.0. The Morgan fingerprint density at radius 1 is 1.32 bits per heavy atom. The van der Waals surface area contributed by atoms with E-state index in [0.29, 0.717) is 22.9 Å². The summed E-state index contributed by atoms with van der Waals surface area (Å²) in [6.07, 6.45) is 1.17. The number of nitrogens with one attached hydrogen (secondary N) is 1. The van der Waals surface area contributed by atoms with Crippen LogP contribution >= 0.6 is 23.2 Å². The fraction of sp³-hybridized carbons (Fsp3) is 0.500. The quantitative estimate of drug-likeness (QED) is 0.597. The summed E-state index contributed by atoms with van der Waals surface area (Å²) in [6.45, 7) is 1.65. The molecule has 19 heavy (non-hydrogen) atoms. The molecule has 0 spiro atoms. The average Bonchev–Trinajstić information content (AvgIpc) is 2.38. The molecule has 1 rings (SSSR count). The van der Waals surface area contributed by atoms with E-state index < -0.39 is 9.84 Å². The van der Waals surface area contributed by atoms with Gasteiger partial charge in [0, 0.05) is 11.8 Å². The fourth-order valence-corrected chi connectivity index (χ4v) is 2.93. The molecule has 0 aliphatic carbocycles. The van der Waals surface area contributed by atoms with Gasteiger partial charge in [0.15, 0.2) is 0 Å². The van der Waals surface area contributed by atoms with E-state index >= 15 is 0 Å². The minimum absolute atomic E-state index is 0.137. The molecule has 1 aromatic rings. The van der Waals surface area contributed by atoms with Crippen molar-refractivity contribution in [3.8, 4) is 0 Å². The van der Waals surface area contributed by atoms with Gasteiger partial charge in [-0.25, -0.2) is 8.42 Å². The number of rotatable bonds is 7. The maximum absolute atomic E-state index is 11.4. The predicted molar refractivity (Wildman–Crippen MR) is 80.1 cm³/mol. The summed E-state index contributed by atoms with van der Waals surface area (Å²) < 4.78 is 22.8. The Balaban J connectivity index is 2.66. The van der Waals surface area contributed by atoms with Crippen molar-refractivity contribution >= 4 is 33.0 Å². The highest BCUT2D eigenvalue weighted by atomic mass is 35.5. The molecule has 4 nitrogen and oxygen atoms in total. The highest BCUT2D eigenvalue weighted by molar-refractivity contribution is 7.91. The first-order valence-electron chi connectivity index (χ1n) is 6.01. The van der Waals surface area contributed by atoms with Crippen molar-refractivity contribution in [3.63, 3.8) is 0 Å². The summed E-state index contributed by atoms with van der Waals surface area (Å²) in [5.74, 6) is 5.84. The number of sulfone groups is 1. The Morgan fingerprint density at radius 3 is 2.53 bits per heavy atom. The Labute approximate surface area is 124 Å². The molecule has 0 saturated heterocycles. The van der Waals surface area contributed by atoms with Crippen LogP contribution in [-0.4, -0.2) is 19.9 Å². The zero-order valence-electron chi connectivity index (χ0n) is 10.7. The Kier molecular flexibility index (Phi) is 6.56. The van der Waals surface area contributed by atoms with Crippen LogP contribution in [0.3, 0.4) is 0 Å². The van der Waals surface area contributed by atoms with Gasteiger partial charge in [-0.05, 0) is 30.5 Å². The molecule has 0 saturated carbocycles. The van der Waals surface area contributed by atoms with E-state index in [2.05, 4.69) is 5.43 Å². The van der Waals surface area contributed by atoms with Gasteiger partial charge in [0.05, 0.1) is 15.8 Å². The summed E-state index contributed by atoms with van der Waals surface area (Å²) in [7, 11) is -2.94.